The van der Waals surface area contributed by atoms with Gasteiger partial charge in [0.15, 0.2) is 21.2 Å². The van der Waals surface area contributed by atoms with Gasteiger partial charge >= 0.3 is 5.97 Å². The molecule has 6 rings (SSSR count). The van der Waals surface area contributed by atoms with Crippen molar-refractivity contribution in [2.24, 2.45) is 17.8 Å². The van der Waals surface area contributed by atoms with Crippen LogP contribution in [0.1, 0.15) is 34.7 Å². The summed E-state index contributed by atoms with van der Waals surface area (Å²) in [6.07, 6.45) is 1.56. The molecule has 0 spiro atoms. The molecule has 0 aromatic heterocycles. The molecule has 0 unspecified atom stereocenters. The van der Waals surface area contributed by atoms with Crippen molar-refractivity contribution in [1.82, 2.24) is 4.90 Å². The van der Waals surface area contributed by atoms with Crippen LogP contribution in [0.25, 0.3) is 0 Å². The van der Waals surface area contributed by atoms with E-state index in [9.17, 15) is 39.3 Å². The van der Waals surface area contributed by atoms with Crippen LogP contribution in [0, 0.1) is 17.8 Å². The highest BCUT2D eigenvalue weighted by Crippen LogP contribution is 2.65. The zero-order valence-electron chi connectivity index (χ0n) is 22.5. The molecule has 2 aromatic rings. The standard InChI is InChI=1S/C29H23Cl3N2O9/c1-33-26(41)28(31)10-16-13(21(29(28,32)27(33)42)11-7-17(30)22(36)19(8-11)43-2)5-6-15-20(16)24(38)34(23(15)37)12-3-4-14(25(39)40)18(35)9-12/h3-5,7-9,15-16,20-21,35-36H,6,10H2,1-2H3,(H,39,40)/t15-,16+,20-,21-,28+,29-/m0/s1. The second-order valence-electron chi connectivity index (χ2n) is 11.1. The molecule has 3 N–H and O–H groups in total. The number of rotatable bonds is 4. The van der Waals surface area contributed by atoms with Gasteiger partial charge < -0.3 is 20.1 Å². The minimum atomic E-state index is -2.05. The Morgan fingerprint density at radius 3 is 2.35 bits per heavy atom. The van der Waals surface area contributed by atoms with Crippen molar-refractivity contribution in [3.8, 4) is 17.2 Å². The predicted molar refractivity (Wildman–Crippen MR) is 153 cm³/mol. The highest BCUT2D eigenvalue weighted by molar-refractivity contribution is 6.53. The summed E-state index contributed by atoms with van der Waals surface area (Å²) in [4.78, 5) is 64.0. The number of aromatic carboxylic acids is 1. The smallest absolute Gasteiger partial charge is 0.339 e. The number of allylic oxidation sites excluding steroid dienone is 2. The average Bonchev–Trinajstić information content (AvgIpc) is 3.29. The largest absolute Gasteiger partial charge is 0.507 e. The Morgan fingerprint density at radius 2 is 1.72 bits per heavy atom. The zero-order chi connectivity index (χ0) is 31.3. The number of ether oxygens (including phenoxy) is 1. The highest BCUT2D eigenvalue weighted by Gasteiger charge is 2.76. The molecule has 6 atom stereocenters. The molecule has 224 valence electrons. The van der Waals surface area contributed by atoms with Gasteiger partial charge in [-0.1, -0.05) is 23.3 Å². The van der Waals surface area contributed by atoms with Gasteiger partial charge in [-0.05, 0) is 48.6 Å². The number of phenols is 2. The number of hydrogen-bond donors (Lipinski definition) is 3. The molecule has 1 saturated carbocycles. The molecule has 2 aromatic carbocycles. The van der Waals surface area contributed by atoms with Crippen molar-refractivity contribution in [2.75, 3.05) is 19.1 Å². The van der Waals surface area contributed by atoms with Crippen LogP contribution in [-0.2, 0) is 19.2 Å². The number of carbonyl (C=O) groups is 5. The summed E-state index contributed by atoms with van der Waals surface area (Å²) >= 11 is 20.6. The van der Waals surface area contributed by atoms with E-state index in [1.165, 1.54) is 32.4 Å². The van der Waals surface area contributed by atoms with Gasteiger partial charge in [0.05, 0.1) is 29.7 Å². The van der Waals surface area contributed by atoms with Crippen molar-refractivity contribution in [2.45, 2.75) is 28.5 Å². The molecule has 11 nitrogen and oxygen atoms in total. The van der Waals surface area contributed by atoms with Crippen LogP contribution >= 0.6 is 34.8 Å². The van der Waals surface area contributed by atoms with Gasteiger partial charge in [-0.3, -0.25) is 24.1 Å². The maximum absolute atomic E-state index is 14.0. The number of alkyl halides is 2. The molecule has 14 heteroatoms. The summed E-state index contributed by atoms with van der Waals surface area (Å²) in [6, 6.07) is 6.18. The summed E-state index contributed by atoms with van der Waals surface area (Å²) in [5, 5.41) is 29.8. The van der Waals surface area contributed by atoms with Crippen molar-refractivity contribution in [1.29, 1.82) is 0 Å². The first-order valence-corrected chi connectivity index (χ1v) is 14.2. The van der Waals surface area contributed by atoms with E-state index in [-0.39, 0.29) is 35.1 Å². The van der Waals surface area contributed by atoms with Crippen molar-refractivity contribution in [3.63, 3.8) is 0 Å². The van der Waals surface area contributed by atoms with Gasteiger partial charge in [0.1, 0.15) is 11.3 Å². The van der Waals surface area contributed by atoms with E-state index in [2.05, 4.69) is 0 Å². The zero-order valence-corrected chi connectivity index (χ0v) is 24.8. The number of hydrogen-bond acceptors (Lipinski definition) is 8. The quantitative estimate of drug-likeness (QED) is 0.255. The second-order valence-corrected chi connectivity index (χ2v) is 12.7. The van der Waals surface area contributed by atoms with Crippen LogP contribution in [0.4, 0.5) is 5.69 Å². The second kappa shape index (κ2) is 9.60. The van der Waals surface area contributed by atoms with Crippen molar-refractivity contribution in [3.05, 3.63) is 58.1 Å². The Balaban J connectivity index is 1.51. The number of amides is 4. The Morgan fingerprint density at radius 1 is 1.02 bits per heavy atom. The summed E-state index contributed by atoms with van der Waals surface area (Å²) in [7, 11) is 2.57. The number of methoxy groups -OCH3 is 1. The number of benzene rings is 2. The van der Waals surface area contributed by atoms with Gasteiger partial charge in [-0.2, -0.15) is 0 Å². The molecule has 0 bridgehead atoms. The Bertz CT molecular complexity index is 1710. The maximum atomic E-state index is 14.0. The van der Waals surface area contributed by atoms with Crippen LogP contribution < -0.4 is 9.64 Å². The first-order valence-electron chi connectivity index (χ1n) is 13.1. The number of likely N-dealkylation sites (tertiary alicyclic amines) is 1. The molecule has 4 amide bonds. The number of anilines is 1. The SMILES string of the molecule is COc1cc([C@H]2C3=CC[C@@H]4C(=O)N(c5ccc(C(=O)O)c(O)c5)C(=O)[C@@H]4[C@@H]3C[C@@]3(Cl)C(=O)N(C)C(=O)[C@@]23Cl)cc(Cl)c1O. The molecule has 0 radical (unpaired) electrons. The number of carboxylic acid groups (broad SMARTS) is 1. The molecule has 4 aliphatic rings. The van der Waals surface area contributed by atoms with Gasteiger partial charge in [-0.15, -0.1) is 23.2 Å². The van der Waals surface area contributed by atoms with Crippen molar-refractivity contribution >= 4 is 70.1 Å². The number of carboxylic acids is 1. The number of halogens is 3. The molecule has 43 heavy (non-hydrogen) atoms. The van der Waals surface area contributed by atoms with Gasteiger partial charge in [-0.25, -0.2) is 9.69 Å². The van der Waals surface area contributed by atoms with Crippen LogP contribution in [0.15, 0.2) is 42.0 Å². The Labute approximate surface area is 259 Å². The molecule has 2 saturated heterocycles. The normalized spacial score (nSPS) is 31.5. The fourth-order valence-electron chi connectivity index (χ4n) is 7.13. The van der Waals surface area contributed by atoms with Crippen molar-refractivity contribution < 1.29 is 44.0 Å². The first-order chi connectivity index (χ1) is 20.2. The van der Waals surface area contributed by atoms with Crippen LogP contribution in [0.3, 0.4) is 0 Å². The van der Waals surface area contributed by atoms with E-state index >= 15 is 0 Å². The minimum Gasteiger partial charge on any atom is -0.507 e. The lowest BCUT2D eigenvalue weighted by molar-refractivity contribution is -0.138. The lowest BCUT2D eigenvalue weighted by Gasteiger charge is -2.50. The van der Waals surface area contributed by atoms with E-state index in [0.29, 0.717) is 11.1 Å². The predicted octanol–water partition coefficient (Wildman–Crippen LogP) is 3.65. The first kappa shape index (κ1) is 29.3. The summed E-state index contributed by atoms with van der Waals surface area (Å²) in [5.74, 6) is -8.95. The van der Waals surface area contributed by atoms with Gasteiger partial charge in [0.25, 0.3) is 11.8 Å². The minimum absolute atomic E-state index is 0.0185. The number of aromatic hydroxyl groups is 2. The fourth-order valence-corrected chi connectivity index (χ4v) is 8.37. The van der Waals surface area contributed by atoms with E-state index < -0.39 is 74.3 Å². The number of phenolic OH excluding ortho intramolecular Hbond substituents is 1. The molecular weight excluding hydrogens is 627 g/mol. The summed E-state index contributed by atoms with van der Waals surface area (Å²) < 4.78 is 5.27. The third kappa shape index (κ3) is 3.71. The van der Waals surface area contributed by atoms with E-state index in [1.54, 1.807) is 6.08 Å². The molecule has 3 fully saturated rings. The summed E-state index contributed by atoms with van der Waals surface area (Å²) in [6.45, 7) is 0. The third-order valence-corrected chi connectivity index (χ3v) is 10.8. The number of fused-ring (bicyclic) bond motifs is 4. The molecule has 2 aliphatic carbocycles. The Hall–Kier alpha value is -3.80. The number of carbonyl (C=O) groups excluding carboxylic acids is 4. The van der Waals surface area contributed by atoms with E-state index in [4.69, 9.17) is 39.5 Å². The van der Waals surface area contributed by atoms with Crippen LogP contribution in [0.5, 0.6) is 17.2 Å². The lowest BCUT2D eigenvalue weighted by Crippen LogP contribution is -2.60. The van der Waals surface area contributed by atoms with Crippen LogP contribution in [0.2, 0.25) is 5.02 Å². The third-order valence-electron chi connectivity index (χ3n) is 9.09. The highest BCUT2D eigenvalue weighted by atomic mass is 35.5. The van der Waals surface area contributed by atoms with Gasteiger partial charge in [0, 0.05) is 19.0 Å². The monoisotopic (exact) mass is 648 g/mol. The maximum Gasteiger partial charge on any atom is 0.339 e. The summed E-state index contributed by atoms with van der Waals surface area (Å²) in [5.41, 5.74) is 0.376. The molecule has 2 heterocycles. The van der Waals surface area contributed by atoms with Gasteiger partial charge in [0.2, 0.25) is 11.8 Å². The van der Waals surface area contributed by atoms with Crippen LogP contribution in [-0.4, -0.2) is 73.7 Å². The Kier molecular flexibility index (Phi) is 6.54. The number of imide groups is 2. The molecule has 2 aliphatic heterocycles. The topological polar surface area (TPSA) is 162 Å². The van der Waals surface area contributed by atoms with E-state index in [0.717, 1.165) is 21.9 Å². The lowest BCUT2D eigenvalue weighted by atomic mass is 9.56. The molecular formula is C29H23Cl3N2O9. The van der Waals surface area contributed by atoms with E-state index in [1.807, 2.05) is 0 Å². The fraction of sp³-hybridized carbons (Fsp3) is 0.345. The average molecular weight is 650 g/mol. The number of nitrogens with zero attached hydrogens (tertiary/aromatic N) is 2.